The van der Waals surface area contributed by atoms with E-state index in [2.05, 4.69) is 17.0 Å². The Bertz CT molecular complexity index is 753. The number of aryl methyl sites for hydroxylation is 3. The van der Waals surface area contributed by atoms with Crippen molar-refractivity contribution in [2.45, 2.75) is 20.5 Å². The average molecular weight is 273 g/mol. The van der Waals surface area contributed by atoms with Crippen molar-refractivity contribution in [3.05, 3.63) is 47.2 Å². The third-order valence-electron chi connectivity index (χ3n) is 3.67. The lowest BCUT2D eigenvalue weighted by molar-refractivity contribution is 0.289. The third kappa shape index (κ3) is 2.05. The van der Waals surface area contributed by atoms with Crippen LogP contribution >= 0.6 is 0 Å². The number of halogens is 1. The van der Waals surface area contributed by atoms with Gasteiger partial charge in [-0.2, -0.15) is 5.10 Å². The highest BCUT2D eigenvalue weighted by atomic mass is 19.1. The maximum absolute atomic E-state index is 13.5. The van der Waals surface area contributed by atoms with Gasteiger partial charge in [0.2, 0.25) is 0 Å². The minimum Gasteiger partial charge on any atom is -0.487 e. The maximum Gasteiger partial charge on any atom is 0.167 e. The molecule has 3 aromatic rings. The van der Waals surface area contributed by atoms with Crippen LogP contribution in [0.4, 0.5) is 4.39 Å². The second-order valence-electron chi connectivity index (χ2n) is 4.93. The zero-order chi connectivity index (χ0) is 14.3. The van der Waals surface area contributed by atoms with Gasteiger partial charge >= 0.3 is 0 Å². The number of aromatic nitrogens is 3. The Kier molecular flexibility index (Phi) is 2.97. The first kappa shape index (κ1) is 12.7. The molecule has 0 atom stereocenters. The van der Waals surface area contributed by atoms with Gasteiger partial charge in [0.05, 0.1) is 6.20 Å². The highest BCUT2D eigenvalue weighted by Crippen LogP contribution is 2.25. The van der Waals surface area contributed by atoms with Gasteiger partial charge in [0.1, 0.15) is 18.1 Å². The number of rotatable bonds is 3. The van der Waals surface area contributed by atoms with Gasteiger partial charge in [-0.05, 0) is 31.5 Å². The van der Waals surface area contributed by atoms with Gasteiger partial charge < -0.3 is 9.72 Å². The van der Waals surface area contributed by atoms with Gasteiger partial charge in [-0.15, -0.1) is 0 Å². The van der Waals surface area contributed by atoms with Crippen LogP contribution in [0.1, 0.15) is 17.0 Å². The molecule has 0 aliphatic rings. The molecule has 4 nitrogen and oxygen atoms in total. The Morgan fingerprint density at radius 1 is 1.35 bits per heavy atom. The normalized spacial score (nSPS) is 11.2. The van der Waals surface area contributed by atoms with E-state index in [1.54, 1.807) is 7.05 Å². The van der Waals surface area contributed by atoms with Crippen LogP contribution in [0.25, 0.3) is 10.9 Å². The first-order valence-electron chi connectivity index (χ1n) is 6.44. The van der Waals surface area contributed by atoms with Gasteiger partial charge in [-0.1, -0.05) is 0 Å². The average Bonchev–Trinajstić information content (AvgIpc) is 2.89. The third-order valence-corrected chi connectivity index (χ3v) is 3.67. The molecular weight excluding hydrogens is 257 g/mol. The standard InChI is InChI=1S/C15H16FN3O/c1-9-10(2)18-14-6-11(4-5-12(9)14)20-8-15-13(16)7-17-19(15)3/h4-7,18H,8H2,1-3H3. The molecular formula is C15H16FN3O. The van der Waals surface area contributed by atoms with Gasteiger partial charge in [-0.3, -0.25) is 4.68 Å². The molecule has 0 radical (unpaired) electrons. The Labute approximate surface area is 116 Å². The molecule has 0 amide bonds. The van der Waals surface area contributed by atoms with Gasteiger partial charge in [0.25, 0.3) is 0 Å². The van der Waals surface area contributed by atoms with Crippen LogP contribution < -0.4 is 4.74 Å². The summed E-state index contributed by atoms with van der Waals surface area (Å²) < 4.78 is 20.6. The van der Waals surface area contributed by atoms with Crippen molar-refractivity contribution >= 4 is 10.9 Å². The zero-order valence-corrected chi connectivity index (χ0v) is 11.7. The minimum atomic E-state index is -0.347. The lowest BCUT2D eigenvalue weighted by atomic mass is 10.1. The van der Waals surface area contributed by atoms with E-state index in [4.69, 9.17) is 4.74 Å². The summed E-state index contributed by atoms with van der Waals surface area (Å²) in [6, 6.07) is 5.85. The number of aromatic amines is 1. The van der Waals surface area contributed by atoms with Gasteiger partial charge in [0.15, 0.2) is 5.82 Å². The highest BCUT2D eigenvalue weighted by Gasteiger charge is 2.10. The molecule has 2 heterocycles. The molecule has 3 rings (SSSR count). The van der Waals surface area contributed by atoms with E-state index in [0.29, 0.717) is 11.4 Å². The number of H-pyrrole nitrogens is 1. The van der Waals surface area contributed by atoms with Gasteiger partial charge in [-0.25, -0.2) is 4.39 Å². The molecule has 104 valence electrons. The van der Waals surface area contributed by atoms with E-state index in [1.165, 1.54) is 21.8 Å². The van der Waals surface area contributed by atoms with Crippen LogP contribution in [0.15, 0.2) is 24.4 Å². The summed E-state index contributed by atoms with van der Waals surface area (Å²) in [4.78, 5) is 3.31. The quantitative estimate of drug-likeness (QED) is 0.796. The SMILES string of the molecule is Cc1[nH]c2cc(OCc3c(F)cnn3C)ccc2c1C. The number of ether oxygens (including phenoxy) is 1. The topological polar surface area (TPSA) is 42.8 Å². The second kappa shape index (κ2) is 4.67. The summed E-state index contributed by atoms with van der Waals surface area (Å²) in [6.45, 7) is 4.28. The second-order valence-corrected chi connectivity index (χ2v) is 4.93. The van der Waals surface area contributed by atoms with Crippen LogP contribution in [0.3, 0.4) is 0 Å². The van der Waals surface area contributed by atoms with Crippen LogP contribution in [0.5, 0.6) is 5.75 Å². The molecule has 0 saturated heterocycles. The van der Waals surface area contributed by atoms with Crippen LogP contribution in [-0.2, 0) is 13.7 Å². The van der Waals surface area contributed by atoms with E-state index < -0.39 is 0 Å². The van der Waals surface area contributed by atoms with E-state index in [9.17, 15) is 4.39 Å². The molecule has 0 aliphatic carbocycles. The van der Waals surface area contributed by atoms with Crippen LogP contribution in [0, 0.1) is 19.7 Å². The number of nitrogens with one attached hydrogen (secondary N) is 1. The molecule has 0 fully saturated rings. The molecule has 0 unspecified atom stereocenters. The summed E-state index contributed by atoms with van der Waals surface area (Å²) in [6.07, 6.45) is 1.19. The van der Waals surface area contributed by atoms with E-state index in [-0.39, 0.29) is 12.4 Å². The minimum absolute atomic E-state index is 0.159. The number of benzene rings is 1. The number of nitrogens with zero attached hydrogens (tertiary/aromatic N) is 2. The van der Waals surface area contributed by atoms with Crippen LogP contribution in [0.2, 0.25) is 0 Å². The first-order valence-corrected chi connectivity index (χ1v) is 6.44. The zero-order valence-electron chi connectivity index (χ0n) is 11.7. The molecule has 20 heavy (non-hydrogen) atoms. The summed E-state index contributed by atoms with van der Waals surface area (Å²) in [5.74, 6) is 0.361. The Balaban J connectivity index is 1.85. The maximum atomic E-state index is 13.5. The fourth-order valence-corrected chi connectivity index (χ4v) is 2.29. The Morgan fingerprint density at radius 2 is 2.15 bits per heavy atom. The Morgan fingerprint density at radius 3 is 2.85 bits per heavy atom. The molecule has 1 aromatic carbocycles. The fourth-order valence-electron chi connectivity index (χ4n) is 2.29. The molecule has 0 spiro atoms. The molecule has 5 heteroatoms. The predicted molar refractivity (Wildman–Crippen MR) is 75.3 cm³/mol. The van der Waals surface area contributed by atoms with Gasteiger partial charge in [0, 0.05) is 29.7 Å². The number of fused-ring (bicyclic) bond motifs is 1. The first-order chi connectivity index (χ1) is 9.56. The highest BCUT2D eigenvalue weighted by molar-refractivity contribution is 5.85. The molecule has 0 bridgehead atoms. The van der Waals surface area contributed by atoms with E-state index >= 15 is 0 Å². The monoisotopic (exact) mass is 273 g/mol. The summed E-state index contributed by atoms with van der Waals surface area (Å²) >= 11 is 0. The lowest BCUT2D eigenvalue weighted by Gasteiger charge is -2.07. The van der Waals surface area contributed by atoms with Crippen molar-refractivity contribution in [1.82, 2.24) is 14.8 Å². The van der Waals surface area contributed by atoms with Crippen molar-refractivity contribution in [2.75, 3.05) is 0 Å². The smallest absolute Gasteiger partial charge is 0.167 e. The van der Waals surface area contributed by atoms with E-state index in [1.807, 2.05) is 25.1 Å². The fraction of sp³-hybridized carbons (Fsp3) is 0.267. The van der Waals surface area contributed by atoms with Crippen molar-refractivity contribution in [2.24, 2.45) is 7.05 Å². The van der Waals surface area contributed by atoms with Crippen molar-refractivity contribution in [1.29, 1.82) is 0 Å². The van der Waals surface area contributed by atoms with Crippen LogP contribution in [-0.4, -0.2) is 14.8 Å². The molecule has 1 N–H and O–H groups in total. The molecule has 0 saturated carbocycles. The van der Waals surface area contributed by atoms with E-state index in [0.717, 1.165) is 11.2 Å². The van der Waals surface area contributed by atoms with Crippen molar-refractivity contribution in [3.63, 3.8) is 0 Å². The summed E-state index contributed by atoms with van der Waals surface area (Å²) in [5.41, 5.74) is 3.85. The van der Waals surface area contributed by atoms with Crippen molar-refractivity contribution < 1.29 is 9.13 Å². The summed E-state index contributed by atoms with van der Waals surface area (Å²) in [7, 11) is 1.70. The largest absolute Gasteiger partial charge is 0.487 e. The summed E-state index contributed by atoms with van der Waals surface area (Å²) in [5, 5.41) is 5.03. The number of hydrogen-bond acceptors (Lipinski definition) is 2. The molecule has 2 aromatic heterocycles. The molecule has 0 aliphatic heterocycles. The van der Waals surface area contributed by atoms with Crippen molar-refractivity contribution in [3.8, 4) is 5.75 Å². The lowest BCUT2D eigenvalue weighted by Crippen LogP contribution is -2.04. The predicted octanol–water partition coefficient (Wildman–Crippen LogP) is 3.24. The Hall–Kier alpha value is -2.30. The number of hydrogen-bond donors (Lipinski definition) is 1.